The van der Waals surface area contributed by atoms with E-state index in [-0.39, 0.29) is 36.7 Å². The van der Waals surface area contributed by atoms with Gasteiger partial charge in [0.25, 0.3) is 5.91 Å². The zero-order chi connectivity index (χ0) is 28.0. The summed E-state index contributed by atoms with van der Waals surface area (Å²) in [5.41, 5.74) is 1.13. The lowest BCUT2D eigenvalue weighted by Gasteiger charge is -2.34. The Morgan fingerprint density at radius 2 is 1.56 bits per heavy atom. The number of benzene rings is 2. The third kappa shape index (κ3) is 5.91. The van der Waals surface area contributed by atoms with Crippen LogP contribution in [-0.2, 0) is 10.0 Å². The van der Waals surface area contributed by atoms with Crippen molar-refractivity contribution in [3.63, 3.8) is 0 Å². The number of methoxy groups -OCH3 is 2. The normalized spacial score (nSPS) is 13.8. The van der Waals surface area contributed by atoms with Crippen LogP contribution in [0.25, 0.3) is 10.2 Å². The van der Waals surface area contributed by atoms with Crippen molar-refractivity contribution in [3.05, 3.63) is 42.0 Å². The van der Waals surface area contributed by atoms with Crippen LogP contribution in [0.15, 0.2) is 41.3 Å². The van der Waals surface area contributed by atoms with E-state index in [0.717, 1.165) is 25.4 Å². The topological polar surface area (TPSA) is 140 Å². The number of thiazole rings is 1. The molecule has 39 heavy (non-hydrogen) atoms. The smallest absolute Gasteiger partial charge is 0.253 e. The van der Waals surface area contributed by atoms with Gasteiger partial charge in [-0.2, -0.15) is 14.8 Å². The molecule has 1 aromatic heterocycles. The molecule has 2 aromatic carbocycles. The second kappa shape index (κ2) is 12.3. The van der Waals surface area contributed by atoms with E-state index in [2.05, 4.69) is 4.90 Å². The molecule has 11 nitrogen and oxygen atoms in total. The van der Waals surface area contributed by atoms with Gasteiger partial charge in [0, 0.05) is 57.7 Å². The number of rotatable bonds is 10. The zero-order valence-electron chi connectivity index (χ0n) is 21.7. The molecular weight excluding hydrogens is 540 g/mol. The van der Waals surface area contributed by atoms with Crippen molar-refractivity contribution in [2.24, 2.45) is 0 Å². The number of carbonyl (C=O) groups excluding carboxylic acids is 1. The summed E-state index contributed by atoms with van der Waals surface area (Å²) in [6, 6.07) is 13.3. The highest BCUT2D eigenvalue weighted by Crippen LogP contribution is 2.40. The first-order valence-electron chi connectivity index (χ1n) is 12.2. The number of nitriles is 2. The van der Waals surface area contributed by atoms with Crippen molar-refractivity contribution < 1.29 is 22.7 Å². The number of carbonyl (C=O) groups is 1. The van der Waals surface area contributed by atoms with Gasteiger partial charge in [-0.05, 0) is 36.4 Å². The third-order valence-corrected chi connectivity index (χ3v) is 9.47. The van der Waals surface area contributed by atoms with Crippen molar-refractivity contribution in [2.45, 2.75) is 17.7 Å². The Bertz CT molecular complexity index is 1460. The average molecular weight is 569 g/mol. The maximum absolute atomic E-state index is 13.2. The molecular formula is C26H28N6O5S2. The molecule has 0 unspecified atom stereocenters. The van der Waals surface area contributed by atoms with Crippen LogP contribution in [0.3, 0.4) is 0 Å². The summed E-state index contributed by atoms with van der Waals surface area (Å²) in [7, 11) is -0.675. The van der Waals surface area contributed by atoms with Crippen LogP contribution in [-0.4, -0.2) is 82.0 Å². The summed E-state index contributed by atoms with van der Waals surface area (Å²) in [5, 5.41) is 18.5. The van der Waals surface area contributed by atoms with E-state index < -0.39 is 10.0 Å². The van der Waals surface area contributed by atoms with Crippen LogP contribution in [0.5, 0.6) is 11.5 Å². The highest BCUT2D eigenvalue weighted by molar-refractivity contribution is 7.89. The van der Waals surface area contributed by atoms with Gasteiger partial charge in [-0.1, -0.05) is 11.3 Å². The fourth-order valence-electron chi connectivity index (χ4n) is 4.31. The van der Waals surface area contributed by atoms with Gasteiger partial charge in [0.1, 0.15) is 21.7 Å². The molecule has 1 aliphatic rings. The molecule has 2 heterocycles. The Hall–Kier alpha value is -3.91. The minimum Gasteiger partial charge on any atom is -0.495 e. The number of piperazine rings is 1. The highest BCUT2D eigenvalue weighted by atomic mass is 32.2. The van der Waals surface area contributed by atoms with Gasteiger partial charge in [0.2, 0.25) is 10.0 Å². The Labute approximate surface area is 231 Å². The molecule has 1 saturated heterocycles. The van der Waals surface area contributed by atoms with E-state index in [1.54, 1.807) is 19.1 Å². The number of aromatic nitrogens is 1. The molecule has 0 N–H and O–H groups in total. The van der Waals surface area contributed by atoms with E-state index in [1.807, 2.05) is 24.3 Å². The first-order chi connectivity index (χ1) is 18.8. The number of hydrogen-bond acceptors (Lipinski definition) is 10. The minimum absolute atomic E-state index is 0.000304. The zero-order valence-corrected chi connectivity index (χ0v) is 23.3. The number of nitrogens with zero attached hydrogens (tertiary/aromatic N) is 6. The second-order valence-corrected chi connectivity index (χ2v) is 11.6. The number of sulfonamides is 1. The number of anilines is 1. The fourth-order valence-corrected chi connectivity index (χ4v) is 6.88. The van der Waals surface area contributed by atoms with Crippen molar-refractivity contribution in [1.29, 1.82) is 10.5 Å². The van der Waals surface area contributed by atoms with E-state index >= 15 is 0 Å². The van der Waals surface area contributed by atoms with Crippen molar-refractivity contribution in [2.75, 3.05) is 58.4 Å². The van der Waals surface area contributed by atoms with Crippen LogP contribution in [0.2, 0.25) is 0 Å². The molecule has 204 valence electrons. The molecule has 1 amide bonds. The molecule has 3 aromatic rings. The Balaban J connectivity index is 1.43. The Morgan fingerprint density at radius 1 is 0.974 bits per heavy atom. The van der Waals surface area contributed by atoms with Crippen LogP contribution >= 0.6 is 11.3 Å². The minimum atomic E-state index is -3.90. The number of hydrogen-bond donors (Lipinski definition) is 0. The van der Waals surface area contributed by atoms with Crippen molar-refractivity contribution >= 4 is 42.6 Å². The van der Waals surface area contributed by atoms with Crippen molar-refractivity contribution in [1.82, 2.24) is 14.2 Å². The van der Waals surface area contributed by atoms with Gasteiger partial charge in [0.15, 0.2) is 5.13 Å². The van der Waals surface area contributed by atoms with Gasteiger partial charge in [0.05, 0.1) is 31.3 Å². The van der Waals surface area contributed by atoms with Crippen LogP contribution in [0.1, 0.15) is 23.2 Å². The molecule has 4 rings (SSSR count). The first-order valence-corrected chi connectivity index (χ1v) is 14.5. The van der Waals surface area contributed by atoms with Crippen LogP contribution in [0, 0.1) is 22.7 Å². The SMILES string of the molecule is COc1ccc(OC)c2sc(N3CCN(C(=O)c4ccc(S(=O)(=O)N(CCC#N)CCC#N)cc4)CC3)nc12. The molecule has 1 aliphatic heterocycles. The van der Waals surface area contributed by atoms with Gasteiger partial charge in [-0.25, -0.2) is 13.4 Å². The molecule has 0 saturated carbocycles. The van der Waals surface area contributed by atoms with Gasteiger partial charge in [-0.3, -0.25) is 4.79 Å². The van der Waals surface area contributed by atoms with E-state index in [9.17, 15) is 13.2 Å². The standard InChI is InChI=1S/C26H28N6O5S2/c1-36-21-9-10-22(37-2)24-23(21)29-26(38-24)31-17-15-30(16-18-31)25(33)19-5-7-20(8-6-19)39(34,35)32(13-3-11-27)14-4-12-28/h5-10H,3-4,13-18H2,1-2H3. The van der Waals surface area contributed by atoms with Gasteiger partial charge in [-0.15, -0.1) is 0 Å². The number of amides is 1. The molecule has 0 radical (unpaired) electrons. The summed E-state index contributed by atoms with van der Waals surface area (Å²) >= 11 is 1.52. The van der Waals surface area contributed by atoms with Gasteiger partial charge < -0.3 is 19.3 Å². The largest absolute Gasteiger partial charge is 0.495 e. The molecule has 1 fully saturated rings. The Kier molecular flexibility index (Phi) is 8.86. The fraction of sp³-hybridized carbons (Fsp3) is 0.385. The van der Waals surface area contributed by atoms with Crippen LogP contribution in [0.4, 0.5) is 5.13 Å². The predicted octanol–water partition coefficient (Wildman–Crippen LogP) is 3.09. The van der Waals surface area contributed by atoms with Crippen molar-refractivity contribution in [3.8, 4) is 23.6 Å². The van der Waals surface area contributed by atoms with E-state index in [1.165, 1.54) is 35.6 Å². The first kappa shape index (κ1) is 28.1. The van der Waals surface area contributed by atoms with Crippen LogP contribution < -0.4 is 14.4 Å². The molecule has 0 spiro atoms. The summed E-state index contributed by atoms with van der Waals surface area (Å²) in [4.78, 5) is 21.8. The number of fused-ring (bicyclic) bond motifs is 1. The third-order valence-electron chi connectivity index (χ3n) is 6.42. The Morgan fingerprint density at radius 3 is 2.13 bits per heavy atom. The quantitative estimate of drug-likeness (QED) is 0.361. The predicted molar refractivity (Wildman–Crippen MR) is 147 cm³/mol. The number of ether oxygens (including phenoxy) is 2. The van der Waals surface area contributed by atoms with Gasteiger partial charge >= 0.3 is 0 Å². The molecule has 0 bridgehead atoms. The molecule has 0 atom stereocenters. The molecule has 13 heteroatoms. The second-order valence-electron chi connectivity index (χ2n) is 8.67. The summed E-state index contributed by atoms with van der Waals surface area (Å²) in [6.07, 6.45) is 0.0383. The lowest BCUT2D eigenvalue weighted by atomic mass is 10.2. The lowest BCUT2D eigenvalue weighted by Crippen LogP contribution is -2.48. The summed E-state index contributed by atoms with van der Waals surface area (Å²) in [5.74, 6) is 1.22. The monoisotopic (exact) mass is 568 g/mol. The average Bonchev–Trinajstić information content (AvgIpc) is 3.42. The summed E-state index contributed by atoms with van der Waals surface area (Å²) in [6.45, 7) is 2.16. The maximum atomic E-state index is 13.2. The van der Waals surface area contributed by atoms with E-state index in [0.29, 0.717) is 37.5 Å². The molecule has 0 aliphatic carbocycles. The highest BCUT2D eigenvalue weighted by Gasteiger charge is 2.27. The summed E-state index contributed by atoms with van der Waals surface area (Å²) < 4.78 is 39.0. The maximum Gasteiger partial charge on any atom is 0.253 e. The van der Waals surface area contributed by atoms with E-state index in [4.69, 9.17) is 25.0 Å². The lowest BCUT2D eigenvalue weighted by molar-refractivity contribution is 0.0746.